The van der Waals surface area contributed by atoms with E-state index in [1.54, 1.807) is 0 Å². The van der Waals surface area contributed by atoms with Gasteiger partial charge in [0.25, 0.3) is 0 Å². The molecule has 0 aromatic heterocycles. The van der Waals surface area contributed by atoms with Crippen LogP contribution in [-0.2, 0) is 19.2 Å². The third-order valence-electron chi connectivity index (χ3n) is 2.06. The molecule has 0 rings (SSSR count). The Morgan fingerprint density at radius 3 is 2.00 bits per heavy atom. The van der Waals surface area contributed by atoms with Gasteiger partial charge in [0.1, 0.15) is 0 Å². The van der Waals surface area contributed by atoms with Crippen LogP contribution in [0, 0.1) is 5.92 Å². The minimum atomic E-state index is -1.12. The highest BCUT2D eigenvalue weighted by atomic mass is 16.2. The van der Waals surface area contributed by atoms with E-state index in [0.29, 0.717) is 11.4 Å². The van der Waals surface area contributed by atoms with Crippen LogP contribution in [0.4, 0.5) is 0 Å². The van der Waals surface area contributed by atoms with E-state index in [4.69, 9.17) is 5.73 Å². The highest BCUT2D eigenvalue weighted by Crippen LogP contribution is 2.04. The van der Waals surface area contributed by atoms with Crippen molar-refractivity contribution in [1.82, 2.24) is 10.4 Å². The number of carbonyl (C=O) groups is 4. The first-order valence-electron chi connectivity index (χ1n) is 5.58. The summed E-state index contributed by atoms with van der Waals surface area (Å²) in [7, 11) is 0. The predicted molar refractivity (Wildman–Crippen MR) is 63.8 cm³/mol. The fourth-order valence-electron chi connectivity index (χ4n) is 1.31. The number of hydrazine groups is 1. The molecule has 0 heterocycles. The number of imide groups is 1. The number of hydrogen-bond donors (Lipinski definition) is 2. The molecule has 0 saturated heterocycles. The van der Waals surface area contributed by atoms with Crippen molar-refractivity contribution in [1.29, 1.82) is 0 Å². The highest BCUT2D eigenvalue weighted by Gasteiger charge is 2.30. The van der Waals surface area contributed by atoms with Crippen molar-refractivity contribution in [3.05, 3.63) is 0 Å². The number of amides is 3. The molecular formula is C11H19N3O4. The number of Topliss-reactive ketones (excluding diaryl/α,β-unsaturated/α-hetero) is 1. The van der Waals surface area contributed by atoms with Crippen molar-refractivity contribution in [2.45, 2.75) is 40.2 Å². The van der Waals surface area contributed by atoms with Gasteiger partial charge in [-0.15, -0.1) is 0 Å². The first-order valence-corrected chi connectivity index (χ1v) is 5.58. The molecule has 3 amide bonds. The van der Waals surface area contributed by atoms with Crippen LogP contribution in [0.25, 0.3) is 0 Å². The second-order valence-electron chi connectivity index (χ2n) is 4.43. The Morgan fingerprint density at radius 1 is 1.17 bits per heavy atom. The molecule has 18 heavy (non-hydrogen) atoms. The van der Waals surface area contributed by atoms with Crippen molar-refractivity contribution in [2.24, 2.45) is 11.7 Å². The van der Waals surface area contributed by atoms with Gasteiger partial charge in [-0.2, -0.15) is 5.01 Å². The third-order valence-corrected chi connectivity index (χ3v) is 2.06. The molecule has 0 spiro atoms. The lowest BCUT2D eigenvalue weighted by molar-refractivity contribution is -0.157. The lowest BCUT2D eigenvalue weighted by Crippen LogP contribution is -2.54. The van der Waals surface area contributed by atoms with Crippen LogP contribution >= 0.6 is 0 Å². The van der Waals surface area contributed by atoms with Crippen LogP contribution in [0.5, 0.6) is 0 Å². The van der Waals surface area contributed by atoms with Gasteiger partial charge >= 0.3 is 5.91 Å². The minimum absolute atomic E-state index is 0.142. The Balaban J connectivity index is 4.82. The van der Waals surface area contributed by atoms with Crippen molar-refractivity contribution < 1.29 is 19.2 Å². The molecule has 3 N–H and O–H groups in total. The molecule has 7 nitrogen and oxygen atoms in total. The molecule has 0 aliphatic heterocycles. The van der Waals surface area contributed by atoms with Crippen LogP contribution in [0.2, 0.25) is 0 Å². The van der Waals surface area contributed by atoms with Gasteiger partial charge < -0.3 is 5.73 Å². The van der Waals surface area contributed by atoms with Crippen molar-refractivity contribution in [2.75, 3.05) is 0 Å². The smallest absolute Gasteiger partial charge is 0.317 e. The van der Waals surface area contributed by atoms with Gasteiger partial charge in [-0.25, -0.2) is 0 Å². The Bertz CT molecular complexity index is 365. The molecule has 0 fully saturated rings. The van der Waals surface area contributed by atoms with Gasteiger partial charge in [0, 0.05) is 13.8 Å². The first-order chi connectivity index (χ1) is 8.16. The van der Waals surface area contributed by atoms with E-state index >= 15 is 0 Å². The summed E-state index contributed by atoms with van der Waals surface area (Å²) in [6.07, 6.45) is 0.330. The summed E-state index contributed by atoms with van der Waals surface area (Å²) in [5, 5.41) is 0.380. The Hall–Kier alpha value is -1.76. The number of nitrogens with one attached hydrogen (secondary N) is 1. The number of hydrogen-bond acceptors (Lipinski definition) is 5. The van der Waals surface area contributed by atoms with E-state index in [-0.39, 0.29) is 5.92 Å². The molecule has 102 valence electrons. The quantitative estimate of drug-likeness (QED) is 0.514. The molecule has 0 unspecified atom stereocenters. The number of ketones is 1. The standard InChI is InChI=1S/C11H19N3O4/c1-6(2)5-9(12)10(17)11(18)14(8(4)16)13-7(3)15/h6,9H,5,12H2,1-4H3,(H,13,15)/t9-/m0/s1. The lowest BCUT2D eigenvalue weighted by Gasteiger charge is -2.20. The van der Waals surface area contributed by atoms with Crippen LogP contribution in [0.1, 0.15) is 34.1 Å². The summed E-state index contributed by atoms with van der Waals surface area (Å²) in [5.74, 6) is -3.24. The topological polar surface area (TPSA) is 110 Å². The SMILES string of the molecule is CC(=O)NN(C(C)=O)C(=O)C(=O)[C@@H](N)CC(C)C. The Kier molecular flexibility index (Phi) is 6.18. The zero-order chi connectivity index (χ0) is 14.5. The van der Waals surface area contributed by atoms with Crippen LogP contribution in [0.15, 0.2) is 0 Å². The van der Waals surface area contributed by atoms with E-state index < -0.39 is 29.5 Å². The molecule has 0 aliphatic carbocycles. The minimum Gasteiger partial charge on any atom is -0.321 e. The van der Waals surface area contributed by atoms with Crippen molar-refractivity contribution in [3.8, 4) is 0 Å². The van der Waals surface area contributed by atoms with Crippen LogP contribution in [0.3, 0.4) is 0 Å². The van der Waals surface area contributed by atoms with E-state index in [0.717, 1.165) is 13.8 Å². The first kappa shape index (κ1) is 16.2. The van der Waals surface area contributed by atoms with Gasteiger partial charge in [-0.3, -0.25) is 24.6 Å². The van der Waals surface area contributed by atoms with Gasteiger partial charge in [-0.05, 0) is 12.3 Å². The lowest BCUT2D eigenvalue weighted by atomic mass is 10.0. The summed E-state index contributed by atoms with van der Waals surface area (Å²) in [6.45, 7) is 5.90. The molecule has 7 heteroatoms. The highest BCUT2D eigenvalue weighted by molar-refractivity contribution is 6.40. The molecule has 0 aliphatic rings. The normalized spacial score (nSPS) is 11.9. The van der Waals surface area contributed by atoms with E-state index in [2.05, 4.69) is 0 Å². The van der Waals surface area contributed by atoms with Gasteiger partial charge in [0.2, 0.25) is 17.6 Å². The number of rotatable bonds is 4. The predicted octanol–water partition coefficient (Wildman–Crippen LogP) is -0.645. The number of carbonyl (C=O) groups excluding carboxylic acids is 4. The second-order valence-corrected chi connectivity index (χ2v) is 4.43. The molecular weight excluding hydrogens is 238 g/mol. The third kappa shape index (κ3) is 5.05. The average molecular weight is 257 g/mol. The van der Waals surface area contributed by atoms with E-state index in [1.165, 1.54) is 0 Å². The van der Waals surface area contributed by atoms with Gasteiger partial charge in [0.15, 0.2) is 0 Å². The zero-order valence-corrected chi connectivity index (χ0v) is 11.0. The van der Waals surface area contributed by atoms with Crippen molar-refractivity contribution >= 4 is 23.5 Å². The second kappa shape index (κ2) is 6.85. The van der Waals surface area contributed by atoms with Crippen molar-refractivity contribution in [3.63, 3.8) is 0 Å². The summed E-state index contributed by atoms with van der Waals surface area (Å²) in [4.78, 5) is 45.4. The van der Waals surface area contributed by atoms with Gasteiger partial charge in [0.05, 0.1) is 6.04 Å². The largest absolute Gasteiger partial charge is 0.321 e. The molecule has 0 aromatic carbocycles. The maximum absolute atomic E-state index is 11.7. The molecule has 0 aromatic rings. The average Bonchev–Trinajstić information content (AvgIpc) is 2.22. The number of nitrogens with zero attached hydrogens (tertiary/aromatic N) is 1. The zero-order valence-electron chi connectivity index (χ0n) is 11.0. The van der Waals surface area contributed by atoms with Crippen LogP contribution < -0.4 is 11.2 Å². The van der Waals surface area contributed by atoms with E-state index in [1.807, 2.05) is 19.3 Å². The number of nitrogens with two attached hydrogens (primary N) is 1. The summed E-state index contributed by atoms with van der Waals surface area (Å²) in [6, 6.07) is -0.979. The maximum atomic E-state index is 11.7. The monoisotopic (exact) mass is 257 g/mol. The fraction of sp³-hybridized carbons (Fsp3) is 0.636. The van der Waals surface area contributed by atoms with Gasteiger partial charge in [-0.1, -0.05) is 13.8 Å². The van der Waals surface area contributed by atoms with Crippen LogP contribution in [-0.4, -0.2) is 34.6 Å². The Labute approximate surface area is 106 Å². The molecule has 0 saturated carbocycles. The summed E-state index contributed by atoms with van der Waals surface area (Å²) in [5.41, 5.74) is 7.55. The molecule has 1 atom stereocenters. The van der Waals surface area contributed by atoms with E-state index in [9.17, 15) is 19.2 Å². The summed E-state index contributed by atoms with van der Waals surface area (Å²) >= 11 is 0. The molecule has 0 bridgehead atoms. The molecule has 0 radical (unpaired) electrons. The maximum Gasteiger partial charge on any atom is 0.317 e. The fourth-order valence-corrected chi connectivity index (χ4v) is 1.31. The summed E-state index contributed by atoms with van der Waals surface area (Å²) < 4.78 is 0. The Morgan fingerprint density at radius 2 is 1.67 bits per heavy atom.